The standard InChI is InChI=1S/C22H26FN3O5S2/c1-17-7-9-19(10-8-17)33(30,31)26-11-3-6-21(26)22(27)24-12-14-25(15-13-24)32(28,29)20-5-2-4-18(23)16-20/h2,4-5,7-10,16,21H,3,6,11-15H2,1H3/t21-/m0/s1. The third-order valence-electron chi connectivity index (χ3n) is 6.10. The summed E-state index contributed by atoms with van der Waals surface area (Å²) in [6.07, 6.45) is 1.00. The molecule has 1 atom stereocenters. The fourth-order valence-corrected chi connectivity index (χ4v) is 7.36. The van der Waals surface area contributed by atoms with Crippen LogP contribution in [0.25, 0.3) is 0 Å². The van der Waals surface area contributed by atoms with E-state index in [9.17, 15) is 26.0 Å². The molecule has 0 saturated carbocycles. The molecule has 4 rings (SSSR count). The zero-order valence-corrected chi connectivity index (χ0v) is 19.9. The van der Waals surface area contributed by atoms with Gasteiger partial charge in [0.25, 0.3) is 0 Å². The summed E-state index contributed by atoms with van der Waals surface area (Å²) in [5.74, 6) is -0.952. The minimum absolute atomic E-state index is 0.0576. The highest BCUT2D eigenvalue weighted by Crippen LogP contribution is 2.28. The summed E-state index contributed by atoms with van der Waals surface area (Å²) in [7, 11) is -7.70. The number of amides is 1. The molecular weight excluding hydrogens is 469 g/mol. The van der Waals surface area contributed by atoms with Crippen LogP contribution >= 0.6 is 0 Å². The average Bonchev–Trinajstić information content (AvgIpc) is 3.30. The van der Waals surface area contributed by atoms with Gasteiger partial charge in [0.1, 0.15) is 11.9 Å². The van der Waals surface area contributed by atoms with Gasteiger partial charge in [0.15, 0.2) is 0 Å². The van der Waals surface area contributed by atoms with Crippen molar-refractivity contribution in [2.75, 3.05) is 32.7 Å². The first-order valence-corrected chi connectivity index (χ1v) is 13.6. The number of hydrogen-bond donors (Lipinski definition) is 0. The molecule has 0 bridgehead atoms. The summed E-state index contributed by atoms with van der Waals surface area (Å²) >= 11 is 0. The summed E-state index contributed by atoms with van der Waals surface area (Å²) in [6.45, 7) is 2.53. The second-order valence-electron chi connectivity index (χ2n) is 8.27. The van der Waals surface area contributed by atoms with Crippen LogP contribution in [-0.4, -0.2) is 75.0 Å². The van der Waals surface area contributed by atoms with Crippen molar-refractivity contribution in [1.82, 2.24) is 13.5 Å². The van der Waals surface area contributed by atoms with E-state index < -0.39 is 31.9 Å². The highest BCUT2D eigenvalue weighted by Gasteiger charge is 2.42. The van der Waals surface area contributed by atoms with Crippen LogP contribution in [0, 0.1) is 12.7 Å². The minimum Gasteiger partial charge on any atom is -0.339 e. The Balaban J connectivity index is 1.45. The molecule has 11 heteroatoms. The van der Waals surface area contributed by atoms with Gasteiger partial charge < -0.3 is 4.90 Å². The number of halogens is 1. The first-order valence-electron chi connectivity index (χ1n) is 10.7. The van der Waals surface area contributed by atoms with Crippen molar-refractivity contribution in [3.8, 4) is 0 Å². The van der Waals surface area contributed by atoms with E-state index in [0.29, 0.717) is 12.8 Å². The van der Waals surface area contributed by atoms with Crippen LogP contribution < -0.4 is 0 Å². The molecule has 2 heterocycles. The van der Waals surface area contributed by atoms with Crippen molar-refractivity contribution in [3.63, 3.8) is 0 Å². The van der Waals surface area contributed by atoms with Crippen molar-refractivity contribution < 1.29 is 26.0 Å². The predicted molar refractivity (Wildman–Crippen MR) is 120 cm³/mol. The van der Waals surface area contributed by atoms with Gasteiger partial charge in [-0.15, -0.1) is 0 Å². The van der Waals surface area contributed by atoms with E-state index in [1.165, 1.54) is 31.7 Å². The molecule has 33 heavy (non-hydrogen) atoms. The lowest BCUT2D eigenvalue weighted by Crippen LogP contribution is -2.55. The number of piperazine rings is 1. The summed E-state index contributed by atoms with van der Waals surface area (Å²) < 4.78 is 67.9. The molecule has 2 aromatic carbocycles. The van der Waals surface area contributed by atoms with Crippen LogP contribution in [0.5, 0.6) is 0 Å². The lowest BCUT2D eigenvalue weighted by atomic mass is 10.2. The first kappa shape index (κ1) is 23.8. The Hall–Kier alpha value is -2.34. The SMILES string of the molecule is Cc1ccc(S(=O)(=O)N2CCC[C@H]2C(=O)N2CCN(S(=O)(=O)c3cccc(F)c3)CC2)cc1. The predicted octanol–water partition coefficient (Wildman–Crippen LogP) is 1.82. The fourth-order valence-electron chi connectivity index (χ4n) is 4.26. The average molecular weight is 496 g/mol. The second kappa shape index (κ2) is 9.13. The van der Waals surface area contributed by atoms with Gasteiger partial charge in [-0.05, 0) is 50.1 Å². The molecule has 2 saturated heterocycles. The van der Waals surface area contributed by atoms with E-state index in [1.54, 1.807) is 24.3 Å². The van der Waals surface area contributed by atoms with E-state index in [-0.39, 0.29) is 48.4 Å². The Kier molecular flexibility index (Phi) is 6.59. The summed E-state index contributed by atoms with van der Waals surface area (Å²) in [4.78, 5) is 14.8. The number of rotatable bonds is 5. The van der Waals surface area contributed by atoms with Gasteiger partial charge in [-0.1, -0.05) is 23.8 Å². The Morgan fingerprint density at radius 2 is 1.55 bits per heavy atom. The topological polar surface area (TPSA) is 95.1 Å². The van der Waals surface area contributed by atoms with Gasteiger partial charge in [0.05, 0.1) is 9.79 Å². The number of hydrogen-bond acceptors (Lipinski definition) is 5. The van der Waals surface area contributed by atoms with Crippen LogP contribution in [0.1, 0.15) is 18.4 Å². The molecule has 0 unspecified atom stereocenters. The highest BCUT2D eigenvalue weighted by atomic mass is 32.2. The Bertz CT molecular complexity index is 1240. The maximum atomic E-state index is 13.5. The normalized spacial score (nSPS) is 20.8. The third-order valence-corrected chi connectivity index (χ3v) is 9.92. The van der Waals surface area contributed by atoms with Crippen molar-refractivity contribution in [3.05, 3.63) is 59.9 Å². The van der Waals surface area contributed by atoms with Crippen molar-refractivity contribution in [1.29, 1.82) is 0 Å². The van der Waals surface area contributed by atoms with Gasteiger partial charge in [0.2, 0.25) is 26.0 Å². The van der Waals surface area contributed by atoms with Gasteiger partial charge in [-0.3, -0.25) is 4.79 Å². The Morgan fingerprint density at radius 1 is 0.879 bits per heavy atom. The zero-order valence-electron chi connectivity index (χ0n) is 18.2. The van der Waals surface area contributed by atoms with Crippen molar-refractivity contribution >= 4 is 26.0 Å². The molecular formula is C22H26FN3O5S2. The summed E-state index contributed by atoms with van der Waals surface area (Å²) in [5, 5.41) is 0. The molecule has 2 aliphatic heterocycles. The number of carbonyl (C=O) groups excluding carboxylic acids is 1. The maximum absolute atomic E-state index is 13.5. The van der Waals surface area contributed by atoms with Crippen LogP contribution in [0.3, 0.4) is 0 Å². The largest absolute Gasteiger partial charge is 0.339 e. The quantitative estimate of drug-likeness (QED) is 0.631. The lowest BCUT2D eigenvalue weighted by Gasteiger charge is -2.36. The van der Waals surface area contributed by atoms with Crippen LogP contribution in [0.4, 0.5) is 4.39 Å². The highest BCUT2D eigenvalue weighted by molar-refractivity contribution is 7.89. The molecule has 2 aromatic rings. The number of aryl methyl sites for hydroxylation is 1. The van der Waals surface area contributed by atoms with E-state index in [1.807, 2.05) is 6.92 Å². The molecule has 0 aliphatic carbocycles. The van der Waals surface area contributed by atoms with Crippen LogP contribution in [0.2, 0.25) is 0 Å². The Labute approximate surface area is 193 Å². The molecule has 2 aliphatic rings. The summed E-state index contributed by atoms with van der Waals surface area (Å²) in [6, 6.07) is 10.5. The lowest BCUT2D eigenvalue weighted by molar-refractivity contribution is -0.135. The molecule has 2 fully saturated rings. The van der Waals surface area contributed by atoms with Gasteiger partial charge in [0, 0.05) is 32.7 Å². The number of nitrogens with zero attached hydrogens (tertiary/aromatic N) is 3. The van der Waals surface area contributed by atoms with Crippen LogP contribution in [0.15, 0.2) is 58.3 Å². The van der Waals surface area contributed by atoms with E-state index in [4.69, 9.17) is 0 Å². The second-order valence-corrected chi connectivity index (χ2v) is 12.1. The van der Waals surface area contributed by atoms with Gasteiger partial charge >= 0.3 is 0 Å². The molecule has 8 nitrogen and oxygen atoms in total. The first-order chi connectivity index (χ1) is 15.6. The van der Waals surface area contributed by atoms with Crippen LogP contribution in [-0.2, 0) is 24.8 Å². The van der Waals surface area contributed by atoms with Gasteiger partial charge in [-0.2, -0.15) is 8.61 Å². The minimum atomic E-state index is -3.88. The Morgan fingerprint density at radius 3 is 2.18 bits per heavy atom. The molecule has 0 aromatic heterocycles. The van der Waals surface area contributed by atoms with Crippen molar-refractivity contribution in [2.24, 2.45) is 0 Å². The molecule has 1 amide bonds. The van der Waals surface area contributed by atoms with E-state index >= 15 is 0 Å². The smallest absolute Gasteiger partial charge is 0.243 e. The molecule has 0 N–H and O–H groups in total. The monoisotopic (exact) mass is 495 g/mol. The van der Waals surface area contributed by atoms with E-state index in [0.717, 1.165) is 11.6 Å². The van der Waals surface area contributed by atoms with E-state index in [2.05, 4.69) is 0 Å². The number of sulfonamides is 2. The number of benzene rings is 2. The zero-order chi connectivity index (χ0) is 23.8. The molecule has 178 valence electrons. The third kappa shape index (κ3) is 4.68. The van der Waals surface area contributed by atoms with Gasteiger partial charge in [-0.25, -0.2) is 21.2 Å². The molecule has 0 radical (unpaired) electrons. The summed E-state index contributed by atoms with van der Waals surface area (Å²) in [5.41, 5.74) is 0.939. The maximum Gasteiger partial charge on any atom is 0.243 e. The number of carbonyl (C=O) groups is 1. The van der Waals surface area contributed by atoms with Crippen molar-refractivity contribution in [2.45, 2.75) is 35.6 Å². The molecule has 0 spiro atoms. The fraction of sp³-hybridized carbons (Fsp3) is 0.409.